The average Bonchev–Trinajstić information content (AvgIpc) is 3.10. The van der Waals surface area contributed by atoms with Crippen molar-refractivity contribution < 1.29 is 12.8 Å². The van der Waals surface area contributed by atoms with E-state index >= 15 is 0 Å². The monoisotopic (exact) mass is 413 g/mol. The van der Waals surface area contributed by atoms with Gasteiger partial charge in [-0.3, -0.25) is 4.90 Å². The number of aryl methyl sites for hydroxylation is 2. The Hall–Kier alpha value is -2.22. The van der Waals surface area contributed by atoms with Crippen LogP contribution in [0.4, 0.5) is 0 Å². The Labute approximate surface area is 172 Å². The van der Waals surface area contributed by atoms with Gasteiger partial charge in [0.25, 0.3) is 0 Å². The standard InChI is InChI=1S/C22H27N3O3S/c1-3-4-18-6-8-19(9-7-18)29(26,27)25-13-11-24(12-14-25)16-22-23-20-10-5-17(2)15-21(20)28-22/h5-10,15H,3-4,11-14,16H2,1-2H3. The van der Waals surface area contributed by atoms with Crippen LogP contribution in [0.15, 0.2) is 51.8 Å². The van der Waals surface area contributed by atoms with Gasteiger partial charge in [-0.1, -0.05) is 31.5 Å². The number of rotatable bonds is 6. The van der Waals surface area contributed by atoms with Crippen LogP contribution >= 0.6 is 0 Å². The van der Waals surface area contributed by atoms with Crippen molar-refractivity contribution in [2.45, 2.75) is 38.1 Å². The molecule has 0 atom stereocenters. The zero-order chi connectivity index (χ0) is 20.4. The summed E-state index contributed by atoms with van der Waals surface area (Å²) in [4.78, 5) is 7.11. The lowest BCUT2D eigenvalue weighted by molar-refractivity contribution is 0.169. The molecule has 29 heavy (non-hydrogen) atoms. The van der Waals surface area contributed by atoms with E-state index in [2.05, 4.69) is 16.8 Å². The Morgan fingerprint density at radius 2 is 1.76 bits per heavy atom. The minimum Gasteiger partial charge on any atom is -0.439 e. The quantitative estimate of drug-likeness (QED) is 0.618. The molecule has 3 aromatic rings. The molecule has 0 saturated carbocycles. The van der Waals surface area contributed by atoms with Gasteiger partial charge in [-0.2, -0.15) is 4.31 Å². The van der Waals surface area contributed by atoms with Crippen LogP contribution in [0.25, 0.3) is 11.1 Å². The molecule has 1 aromatic heterocycles. The van der Waals surface area contributed by atoms with E-state index in [0.717, 1.165) is 29.5 Å². The van der Waals surface area contributed by atoms with Gasteiger partial charge in [0.1, 0.15) is 5.52 Å². The van der Waals surface area contributed by atoms with Crippen LogP contribution in [0.1, 0.15) is 30.4 Å². The highest BCUT2D eigenvalue weighted by molar-refractivity contribution is 7.89. The summed E-state index contributed by atoms with van der Waals surface area (Å²) in [7, 11) is -3.45. The summed E-state index contributed by atoms with van der Waals surface area (Å²) in [5, 5.41) is 0. The predicted octanol–water partition coefficient (Wildman–Crippen LogP) is 3.60. The number of hydrogen-bond acceptors (Lipinski definition) is 5. The van der Waals surface area contributed by atoms with Crippen LogP contribution in [0.2, 0.25) is 0 Å². The third-order valence-corrected chi connectivity index (χ3v) is 7.29. The fourth-order valence-electron chi connectivity index (χ4n) is 3.73. The van der Waals surface area contributed by atoms with Gasteiger partial charge < -0.3 is 4.42 Å². The Morgan fingerprint density at radius 3 is 2.45 bits per heavy atom. The topological polar surface area (TPSA) is 66.7 Å². The number of sulfonamides is 1. The van der Waals surface area contributed by atoms with Crippen LogP contribution in [0.3, 0.4) is 0 Å². The third kappa shape index (κ3) is 4.37. The maximum absolute atomic E-state index is 12.9. The van der Waals surface area contributed by atoms with E-state index in [1.165, 1.54) is 5.56 Å². The number of nitrogens with zero attached hydrogens (tertiary/aromatic N) is 3. The highest BCUT2D eigenvalue weighted by atomic mass is 32.2. The van der Waals surface area contributed by atoms with Gasteiger partial charge in [-0.25, -0.2) is 13.4 Å². The van der Waals surface area contributed by atoms with E-state index < -0.39 is 10.0 Å². The summed E-state index contributed by atoms with van der Waals surface area (Å²) in [6, 6.07) is 13.3. The predicted molar refractivity (Wildman–Crippen MR) is 113 cm³/mol. The summed E-state index contributed by atoms with van der Waals surface area (Å²) < 4.78 is 33.3. The molecule has 0 radical (unpaired) electrons. The van der Waals surface area contributed by atoms with Crippen molar-refractivity contribution in [3.8, 4) is 0 Å². The van der Waals surface area contributed by atoms with Gasteiger partial charge in [0.15, 0.2) is 5.58 Å². The lowest BCUT2D eigenvalue weighted by Crippen LogP contribution is -2.48. The summed E-state index contributed by atoms with van der Waals surface area (Å²) >= 11 is 0. The molecular weight excluding hydrogens is 386 g/mol. The second-order valence-corrected chi connectivity index (χ2v) is 9.59. The van der Waals surface area contributed by atoms with Crippen molar-refractivity contribution in [1.82, 2.24) is 14.2 Å². The first-order valence-electron chi connectivity index (χ1n) is 10.1. The lowest BCUT2D eigenvalue weighted by atomic mass is 10.1. The molecule has 0 spiro atoms. The Kier molecular flexibility index (Phi) is 5.72. The Bertz CT molecular complexity index is 1080. The van der Waals surface area contributed by atoms with Gasteiger partial charge in [-0.05, 0) is 48.7 Å². The van der Waals surface area contributed by atoms with Crippen LogP contribution in [0.5, 0.6) is 0 Å². The molecule has 7 heteroatoms. The maximum atomic E-state index is 12.9. The van der Waals surface area contributed by atoms with Crippen molar-refractivity contribution in [1.29, 1.82) is 0 Å². The maximum Gasteiger partial charge on any atom is 0.243 e. The van der Waals surface area contributed by atoms with E-state index in [4.69, 9.17) is 4.42 Å². The van der Waals surface area contributed by atoms with Gasteiger partial charge in [-0.15, -0.1) is 0 Å². The summed E-state index contributed by atoms with van der Waals surface area (Å²) in [5.74, 6) is 0.674. The molecule has 2 heterocycles. The second-order valence-electron chi connectivity index (χ2n) is 7.65. The van der Waals surface area contributed by atoms with Crippen molar-refractivity contribution >= 4 is 21.1 Å². The van der Waals surface area contributed by atoms with Crippen molar-refractivity contribution in [3.63, 3.8) is 0 Å². The number of aromatic nitrogens is 1. The molecule has 2 aromatic carbocycles. The molecule has 1 fully saturated rings. The molecule has 0 unspecified atom stereocenters. The average molecular weight is 414 g/mol. The first kappa shape index (κ1) is 20.1. The SMILES string of the molecule is CCCc1ccc(S(=O)(=O)N2CCN(Cc3nc4ccc(C)cc4o3)CC2)cc1. The lowest BCUT2D eigenvalue weighted by Gasteiger charge is -2.33. The van der Waals surface area contributed by atoms with Crippen LogP contribution in [-0.2, 0) is 23.0 Å². The normalized spacial score (nSPS) is 16.5. The zero-order valence-electron chi connectivity index (χ0n) is 17.0. The fraction of sp³-hybridized carbons (Fsp3) is 0.409. The summed E-state index contributed by atoms with van der Waals surface area (Å²) in [5.41, 5.74) is 3.97. The molecule has 1 saturated heterocycles. The minimum absolute atomic E-state index is 0.375. The van der Waals surface area contributed by atoms with Crippen LogP contribution < -0.4 is 0 Å². The number of hydrogen-bond donors (Lipinski definition) is 0. The number of piperazine rings is 1. The van der Waals surface area contributed by atoms with Gasteiger partial charge in [0, 0.05) is 26.2 Å². The van der Waals surface area contributed by atoms with Gasteiger partial charge >= 0.3 is 0 Å². The fourth-order valence-corrected chi connectivity index (χ4v) is 5.15. The first-order chi connectivity index (χ1) is 14.0. The minimum atomic E-state index is -3.45. The molecule has 0 N–H and O–H groups in total. The summed E-state index contributed by atoms with van der Waals surface area (Å²) in [6.07, 6.45) is 2.02. The Morgan fingerprint density at radius 1 is 1.03 bits per heavy atom. The number of fused-ring (bicyclic) bond motifs is 1. The number of oxazole rings is 1. The first-order valence-corrected chi connectivity index (χ1v) is 11.6. The third-order valence-electron chi connectivity index (χ3n) is 5.38. The van der Waals surface area contributed by atoms with Crippen molar-refractivity contribution in [2.24, 2.45) is 0 Å². The van der Waals surface area contributed by atoms with Crippen LogP contribution in [0, 0.1) is 6.92 Å². The van der Waals surface area contributed by atoms with Crippen molar-refractivity contribution in [2.75, 3.05) is 26.2 Å². The molecule has 0 amide bonds. The summed E-state index contributed by atoms with van der Waals surface area (Å²) in [6.45, 7) is 6.99. The molecule has 6 nitrogen and oxygen atoms in total. The largest absolute Gasteiger partial charge is 0.439 e. The van der Waals surface area contributed by atoms with E-state index in [1.807, 2.05) is 37.3 Å². The highest BCUT2D eigenvalue weighted by Gasteiger charge is 2.29. The molecule has 0 aliphatic carbocycles. The molecule has 1 aliphatic heterocycles. The zero-order valence-corrected chi connectivity index (χ0v) is 17.8. The Balaban J connectivity index is 1.39. The molecule has 0 bridgehead atoms. The van der Waals surface area contributed by atoms with E-state index in [-0.39, 0.29) is 0 Å². The van der Waals surface area contributed by atoms with E-state index in [9.17, 15) is 8.42 Å². The second kappa shape index (κ2) is 8.26. The molecule has 1 aliphatic rings. The highest BCUT2D eigenvalue weighted by Crippen LogP contribution is 2.21. The van der Waals surface area contributed by atoms with E-state index in [1.54, 1.807) is 16.4 Å². The smallest absolute Gasteiger partial charge is 0.243 e. The van der Waals surface area contributed by atoms with Crippen LogP contribution in [-0.4, -0.2) is 48.8 Å². The van der Waals surface area contributed by atoms with Gasteiger partial charge in [0.2, 0.25) is 15.9 Å². The van der Waals surface area contributed by atoms with Crippen molar-refractivity contribution in [3.05, 3.63) is 59.5 Å². The molecule has 4 rings (SSSR count). The number of benzene rings is 2. The van der Waals surface area contributed by atoms with E-state index in [0.29, 0.717) is 43.5 Å². The van der Waals surface area contributed by atoms with Gasteiger partial charge in [0.05, 0.1) is 11.4 Å². The molecular formula is C22H27N3O3S. The molecule has 154 valence electrons.